The van der Waals surface area contributed by atoms with E-state index in [-0.39, 0.29) is 0 Å². The van der Waals surface area contributed by atoms with E-state index in [0.717, 1.165) is 23.8 Å². The van der Waals surface area contributed by atoms with Gasteiger partial charge >= 0.3 is 0 Å². The molecule has 0 spiro atoms. The van der Waals surface area contributed by atoms with E-state index in [2.05, 4.69) is 39.1 Å². The lowest BCUT2D eigenvalue weighted by molar-refractivity contribution is 0.670. The Morgan fingerprint density at radius 3 is 2.81 bits per heavy atom. The van der Waals surface area contributed by atoms with Crippen LogP contribution in [0.3, 0.4) is 0 Å². The molecular formula is C10H14N4S2. The molecule has 0 saturated heterocycles. The van der Waals surface area contributed by atoms with Gasteiger partial charge in [0, 0.05) is 23.8 Å². The van der Waals surface area contributed by atoms with Crippen LogP contribution in [0.5, 0.6) is 0 Å². The monoisotopic (exact) mass is 254 g/mol. The van der Waals surface area contributed by atoms with Crippen molar-refractivity contribution < 1.29 is 0 Å². The number of rotatable bonds is 5. The maximum absolute atomic E-state index is 4.55. The molecule has 86 valence electrons. The van der Waals surface area contributed by atoms with Crippen molar-refractivity contribution in [2.45, 2.75) is 32.9 Å². The van der Waals surface area contributed by atoms with Crippen LogP contribution in [0, 0.1) is 0 Å². The van der Waals surface area contributed by atoms with Gasteiger partial charge in [0.1, 0.15) is 5.01 Å². The Hall–Kier alpha value is -0.850. The molecule has 4 nitrogen and oxygen atoms in total. The first kappa shape index (κ1) is 11.6. The molecule has 2 aromatic rings. The number of nitrogens with zero attached hydrogens (tertiary/aromatic N) is 3. The summed E-state index contributed by atoms with van der Waals surface area (Å²) in [6, 6.07) is 0. The summed E-state index contributed by atoms with van der Waals surface area (Å²) in [7, 11) is 0. The summed E-state index contributed by atoms with van der Waals surface area (Å²) in [5.74, 6) is 0.507. The second-order valence-corrected chi connectivity index (χ2v) is 5.37. The standard InChI is InChI=1S/C10H14N4S2/c1-7(2)9-6-15-10(12-9)4-11-3-8-5-16-14-13-8/h5-7,11H,3-4H2,1-2H3. The molecule has 0 fully saturated rings. The average Bonchev–Trinajstić information content (AvgIpc) is 2.87. The molecule has 16 heavy (non-hydrogen) atoms. The minimum atomic E-state index is 0.507. The Kier molecular flexibility index (Phi) is 3.98. The average molecular weight is 254 g/mol. The lowest BCUT2D eigenvalue weighted by atomic mass is 10.2. The van der Waals surface area contributed by atoms with Crippen LogP contribution in [-0.4, -0.2) is 14.6 Å². The van der Waals surface area contributed by atoms with Crippen LogP contribution < -0.4 is 5.32 Å². The van der Waals surface area contributed by atoms with Gasteiger partial charge in [0.15, 0.2) is 0 Å². The summed E-state index contributed by atoms with van der Waals surface area (Å²) >= 11 is 3.09. The summed E-state index contributed by atoms with van der Waals surface area (Å²) in [6.45, 7) is 5.88. The third-order valence-corrected chi connectivity index (χ3v) is 3.57. The molecule has 2 aromatic heterocycles. The molecule has 0 saturated carbocycles. The molecule has 0 aliphatic carbocycles. The first-order valence-electron chi connectivity index (χ1n) is 5.16. The van der Waals surface area contributed by atoms with Gasteiger partial charge in [-0.25, -0.2) is 4.98 Å². The maximum atomic E-state index is 4.55. The highest BCUT2D eigenvalue weighted by Gasteiger charge is 2.05. The highest BCUT2D eigenvalue weighted by atomic mass is 32.1. The molecule has 0 radical (unpaired) electrons. The van der Waals surface area contributed by atoms with E-state index in [1.807, 2.05) is 5.38 Å². The molecule has 0 bridgehead atoms. The summed E-state index contributed by atoms with van der Waals surface area (Å²) in [5, 5.41) is 12.5. The first-order chi connectivity index (χ1) is 7.75. The number of thiazole rings is 1. The quantitative estimate of drug-likeness (QED) is 0.890. The Labute approximate surface area is 103 Å². The Morgan fingerprint density at radius 1 is 1.31 bits per heavy atom. The van der Waals surface area contributed by atoms with Crippen molar-refractivity contribution >= 4 is 22.9 Å². The Balaban J connectivity index is 1.81. The van der Waals surface area contributed by atoms with Gasteiger partial charge in [-0.3, -0.25) is 0 Å². The van der Waals surface area contributed by atoms with Crippen LogP contribution in [0.2, 0.25) is 0 Å². The van der Waals surface area contributed by atoms with Gasteiger partial charge in [-0.05, 0) is 17.5 Å². The lowest BCUT2D eigenvalue weighted by Gasteiger charge is -1.99. The smallest absolute Gasteiger partial charge is 0.107 e. The van der Waals surface area contributed by atoms with Crippen LogP contribution in [0.15, 0.2) is 10.8 Å². The van der Waals surface area contributed by atoms with Gasteiger partial charge in [0.2, 0.25) is 0 Å². The van der Waals surface area contributed by atoms with Crippen molar-refractivity contribution in [1.82, 2.24) is 19.9 Å². The number of hydrogen-bond donors (Lipinski definition) is 1. The van der Waals surface area contributed by atoms with Crippen LogP contribution in [0.1, 0.15) is 36.2 Å². The van der Waals surface area contributed by atoms with Crippen LogP contribution >= 0.6 is 22.9 Å². The zero-order chi connectivity index (χ0) is 11.4. The van der Waals surface area contributed by atoms with Crippen molar-refractivity contribution in [2.75, 3.05) is 0 Å². The minimum absolute atomic E-state index is 0.507. The Bertz CT molecular complexity index is 422. The first-order valence-corrected chi connectivity index (χ1v) is 6.88. The number of nitrogens with one attached hydrogen (secondary N) is 1. The topological polar surface area (TPSA) is 50.7 Å². The number of aromatic nitrogens is 3. The highest BCUT2D eigenvalue weighted by Crippen LogP contribution is 2.17. The van der Waals surface area contributed by atoms with Crippen LogP contribution in [0.4, 0.5) is 0 Å². The molecule has 0 unspecified atom stereocenters. The zero-order valence-electron chi connectivity index (χ0n) is 9.30. The normalized spacial score (nSPS) is 11.2. The molecule has 0 atom stereocenters. The SMILES string of the molecule is CC(C)c1csc(CNCc2csnn2)n1. The van der Waals surface area contributed by atoms with E-state index >= 15 is 0 Å². The van der Waals surface area contributed by atoms with Crippen LogP contribution in [-0.2, 0) is 13.1 Å². The summed E-state index contributed by atoms with van der Waals surface area (Å²) in [4.78, 5) is 4.55. The molecule has 0 amide bonds. The second-order valence-electron chi connectivity index (χ2n) is 3.82. The number of hydrogen-bond acceptors (Lipinski definition) is 6. The molecular weight excluding hydrogens is 240 g/mol. The highest BCUT2D eigenvalue weighted by molar-refractivity contribution is 7.09. The molecule has 6 heteroatoms. The van der Waals surface area contributed by atoms with E-state index in [1.54, 1.807) is 11.3 Å². The van der Waals surface area contributed by atoms with Gasteiger partial charge in [-0.2, -0.15) is 0 Å². The predicted molar refractivity (Wildman–Crippen MR) is 66.7 cm³/mol. The van der Waals surface area contributed by atoms with E-state index in [9.17, 15) is 0 Å². The molecule has 2 rings (SSSR count). The molecule has 1 N–H and O–H groups in total. The third-order valence-electron chi connectivity index (χ3n) is 2.15. The second kappa shape index (κ2) is 5.47. The fourth-order valence-corrected chi connectivity index (χ4v) is 2.61. The minimum Gasteiger partial charge on any atom is -0.305 e. The van der Waals surface area contributed by atoms with Gasteiger partial charge < -0.3 is 5.32 Å². The molecule has 0 aliphatic heterocycles. The summed E-state index contributed by atoms with van der Waals surface area (Å²) in [5.41, 5.74) is 2.17. The van der Waals surface area contributed by atoms with E-state index in [1.165, 1.54) is 17.2 Å². The summed E-state index contributed by atoms with van der Waals surface area (Å²) in [6.07, 6.45) is 0. The van der Waals surface area contributed by atoms with Gasteiger partial charge in [0.25, 0.3) is 0 Å². The van der Waals surface area contributed by atoms with Crippen molar-refractivity contribution in [2.24, 2.45) is 0 Å². The fraction of sp³-hybridized carbons (Fsp3) is 0.500. The zero-order valence-corrected chi connectivity index (χ0v) is 10.9. The van der Waals surface area contributed by atoms with E-state index < -0.39 is 0 Å². The van der Waals surface area contributed by atoms with Crippen molar-refractivity contribution in [1.29, 1.82) is 0 Å². The van der Waals surface area contributed by atoms with Gasteiger partial charge in [-0.15, -0.1) is 16.4 Å². The van der Waals surface area contributed by atoms with E-state index in [4.69, 9.17) is 0 Å². The summed E-state index contributed by atoms with van der Waals surface area (Å²) < 4.78 is 3.81. The fourth-order valence-electron chi connectivity index (χ4n) is 1.23. The largest absolute Gasteiger partial charge is 0.305 e. The molecule has 0 aliphatic rings. The molecule has 0 aromatic carbocycles. The van der Waals surface area contributed by atoms with Crippen molar-refractivity contribution in [3.8, 4) is 0 Å². The van der Waals surface area contributed by atoms with Gasteiger partial charge in [0.05, 0.1) is 11.4 Å². The third kappa shape index (κ3) is 3.07. The maximum Gasteiger partial charge on any atom is 0.107 e. The molecule has 2 heterocycles. The van der Waals surface area contributed by atoms with Crippen molar-refractivity contribution in [3.63, 3.8) is 0 Å². The van der Waals surface area contributed by atoms with E-state index in [0.29, 0.717) is 5.92 Å². The predicted octanol–water partition coefficient (Wildman–Crippen LogP) is 2.41. The van der Waals surface area contributed by atoms with Gasteiger partial charge in [-0.1, -0.05) is 18.3 Å². The van der Waals surface area contributed by atoms with Crippen molar-refractivity contribution in [3.05, 3.63) is 27.2 Å². The Morgan fingerprint density at radius 2 is 2.19 bits per heavy atom. The van der Waals surface area contributed by atoms with Crippen LogP contribution in [0.25, 0.3) is 0 Å². The lowest BCUT2D eigenvalue weighted by Crippen LogP contribution is -2.12.